The Bertz CT molecular complexity index is 446. The molecule has 0 aliphatic heterocycles. The summed E-state index contributed by atoms with van der Waals surface area (Å²) in [5, 5.41) is 9.84. The van der Waals surface area contributed by atoms with Crippen LogP contribution in [0.1, 0.15) is 67.8 Å². The lowest BCUT2D eigenvalue weighted by atomic mass is 10.0. The van der Waals surface area contributed by atoms with Crippen LogP contribution in [0, 0.1) is 5.41 Å². The third-order valence-electron chi connectivity index (χ3n) is 4.03. The van der Waals surface area contributed by atoms with E-state index in [2.05, 4.69) is 27.4 Å². The molecule has 2 saturated carbocycles. The van der Waals surface area contributed by atoms with Gasteiger partial charge in [-0.2, -0.15) is 0 Å². The van der Waals surface area contributed by atoms with E-state index < -0.39 is 0 Å². The molecule has 0 spiro atoms. The molecule has 2 fully saturated rings. The number of amides is 1. The molecule has 5 heteroatoms. The quantitative estimate of drug-likeness (QED) is 0.808. The van der Waals surface area contributed by atoms with Gasteiger partial charge >= 0.3 is 0 Å². The van der Waals surface area contributed by atoms with Gasteiger partial charge in [-0.05, 0) is 37.5 Å². The maximum atomic E-state index is 11.9. The molecule has 98 valence electrons. The van der Waals surface area contributed by atoms with Gasteiger partial charge in [-0.1, -0.05) is 13.3 Å². The molecule has 18 heavy (non-hydrogen) atoms. The zero-order valence-electron chi connectivity index (χ0n) is 10.8. The fourth-order valence-corrected chi connectivity index (χ4v) is 2.48. The number of nitrogens with one attached hydrogen (secondary N) is 2. The van der Waals surface area contributed by atoms with Crippen LogP contribution in [-0.4, -0.2) is 27.6 Å². The largest absolute Gasteiger partial charge is 0.349 e. The third kappa shape index (κ3) is 2.40. The maximum absolute atomic E-state index is 11.9. The van der Waals surface area contributed by atoms with Crippen LogP contribution in [-0.2, 0) is 0 Å². The van der Waals surface area contributed by atoms with Gasteiger partial charge in [-0.15, -0.1) is 5.10 Å². The molecule has 2 aliphatic carbocycles. The summed E-state index contributed by atoms with van der Waals surface area (Å²) in [4.78, 5) is 16.2. The summed E-state index contributed by atoms with van der Waals surface area (Å²) < 4.78 is 0. The standard InChI is InChI=1S/C13H20N4O/c1-2-5-13(6-7-13)8-14-12(18)11-15-10(16-17-11)9-3-4-9/h9H,2-8H2,1H3,(H,14,18)(H,15,16,17). The van der Waals surface area contributed by atoms with Gasteiger partial charge in [0.15, 0.2) is 0 Å². The number of aromatic nitrogens is 3. The van der Waals surface area contributed by atoms with Gasteiger partial charge < -0.3 is 5.32 Å². The molecule has 1 amide bonds. The summed E-state index contributed by atoms with van der Waals surface area (Å²) in [5.74, 6) is 1.54. The van der Waals surface area contributed by atoms with Crippen LogP contribution in [0.2, 0.25) is 0 Å². The van der Waals surface area contributed by atoms with Gasteiger partial charge in [0.05, 0.1) is 0 Å². The predicted octanol–water partition coefficient (Wildman–Crippen LogP) is 1.99. The molecule has 2 aliphatic rings. The van der Waals surface area contributed by atoms with Gasteiger partial charge in [0, 0.05) is 12.5 Å². The molecule has 0 bridgehead atoms. The van der Waals surface area contributed by atoms with Crippen LogP contribution in [0.4, 0.5) is 0 Å². The van der Waals surface area contributed by atoms with Crippen molar-refractivity contribution in [3.63, 3.8) is 0 Å². The number of aromatic amines is 1. The fraction of sp³-hybridized carbons (Fsp3) is 0.769. The molecule has 3 rings (SSSR count). The lowest BCUT2D eigenvalue weighted by Crippen LogP contribution is -2.31. The van der Waals surface area contributed by atoms with Crippen LogP contribution < -0.4 is 5.32 Å². The number of carbonyl (C=O) groups excluding carboxylic acids is 1. The highest BCUT2D eigenvalue weighted by molar-refractivity contribution is 5.90. The Hall–Kier alpha value is -1.39. The Morgan fingerprint density at radius 1 is 1.50 bits per heavy atom. The van der Waals surface area contributed by atoms with Crippen molar-refractivity contribution in [2.24, 2.45) is 5.41 Å². The average Bonchev–Trinajstić information content (AvgIpc) is 3.29. The smallest absolute Gasteiger partial charge is 0.290 e. The summed E-state index contributed by atoms with van der Waals surface area (Å²) in [5.41, 5.74) is 0.375. The van der Waals surface area contributed by atoms with Crippen LogP contribution in [0.5, 0.6) is 0 Å². The van der Waals surface area contributed by atoms with Crippen LogP contribution in [0.15, 0.2) is 0 Å². The number of H-pyrrole nitrogens is 1. The van der Waals surface area contributed by atoms with E-state index in [1.54, 1.807) is 0 Å². The summed E-state index contributed by atoms with van der Waals surface area (Å²) >= 11 is 0. The Kier molecular flexibility index (Phi) is 2.84. The maximum Gasteiger partial charge on any atom is 0.290 e. The molecule has 1 aromatic rings. The van der Waals surface area contributed by atoms with E-state index >= 15 is 0 Å². The van der Waals surface area contributed by atoms with E-state index in [9.17, 15) is 4.79 Å². The lowest BCUT2D eigenvalue weighted by Gasteiger charge is -2.13. The van der Waals surface area contributed by atoms with Crippen LogP contribution >= 0.6 is 0 Å². The fourth-order valence-electron chi connectivity index (χ4n) is 2.48. The number of nitrogens with zero attached hydrogens (tertiary/aromatic N) is 2. The Balaban J connectivity index is 1.54. The molecule has 5 nitrogen and oxygen atoms in total. The first-order valence-corrected chi connectivity index (χ1v) is 6.93. The average molecular weight is 248 g/mol. The molecule has 1 heterocycles. The SMILES string of the molecule is CCCC1(CNC(=O)c2n[nH]c(C3CC3)n2)CC1. The first-order valence-electron chi connectivity index (χ1n) is 6.93. The molecular formula is C13H20N4O. The first kappa shape index (κ1) is 11.7. The number of hydrogen-bond donors (Lipinski definition) is 2. The Morgan fingerprint density at radius 3 is 2.89 bits per heavy atom. The molecule has 0 aromatic carbocycles. The predicted molar refractivity (Wildman–Crippen MR) is 67.3 cm³/mol. The van der Waals surface area contributed by atoms with Gasteiger partial charge in [0.2, 0.25) is 5.82 Å². The summed E-state index contributed by atoms with van der Waals surface area (Å²) in [7, 11) is 0. The normalized spacial score (nSPS) is 20.7. The van der Waals surface area contributed by atoms with Gasteiger partial charge in [0.25, 0.3) is 5.91 Å². The molecule has 0 saturated heterocycles. The van der Waals surface area contributed by atoms with E-state index in [1.807, 2.05) is 0 Å². The van der Waals surface area contributed by atoms with Crippen LogP contribution in [0.3, 0.4) is 0 Å². The van der Waals surface area contributed by atoms with Crippen molar-refractivity contribution in [3.8, 4) is 0 Å². The topological polar surface area (TPSA) is 70.7 Å². The zero-order chi connectivity index (χ0) is 12.6. The van der Waals surface area contributed by atoms with Crippen molar-refractivity contribution < 1.29 is 4.79 Å². The van der Waals surface area contributed by atoms with Crippen molar-refractivity contribution >= 4 is 5.91 Å². The molecular weight excluding hydrogens is 228 g/mol. The molecule has 0 atom stereocenters. The van der Waals surface area contributed by atoms with E-state index in [4.69, 9.17) is 0 Å². The van der Waals surface area contributed by atoms with Crippen molar-refractivity contribution in [2.75, 3.05) is 6.54 Å². The molecule has 1 aromatic heterocycles. The van der Waals surface area contributed by atoms with Crippen molar-refractivity contribution in [1.29, 1.82) is 0 Å². The van der Waals surface area contributed by atoms with Gasteiger partial charge in [0.1, 0.15) is 5.82 Å². The number of rotatable bonds is 6. The molecule has 2 N–H and O–H groups in total. The second-order valence-corrected chi connectivity index (χ2v) is 5.75. The highest BCUT2D eigenvalue weighted by Crippen LogP contribution is 2.48. The minimum Gasteiger partial charge on any atom is -0.349 e. The monoisotopic (exact) mass is 248 g/mol. The van der Waals surface area contributed by atoms with Crippen LogP contribution in [0.25, 0.3) is 0 Å². The number of hydrogen-bond acceptors (Lipinski definition) is 3. The first-order chi connectivity index (χ1) is 8.72. The lowest BCUT2D eigenvalue weighted by molar-refractivity contribution is 0.0933. The molecule has 0 unspecified atom stereocenters. The third-order valence-corrected chi connectivity index (χ3v) is 4.03. The summed E-state index contributed by atoms with van der Waals surface area (Å²) in [6.45, 7) is 2.96. The van der Waals surface area contributed by atoms with Gasteiger partial charge in [-0.3, -0.25) is 9.89 Å². The highest BCUT2D eigenvalue weighted by Gasteiger charge is 2.41. The van der Waals surface area contributed by atoms with E-state index in [1.165, 1.54) is 25.7 Å². The minimum atomic E-state index is -0.138. The Morgan fingerprint density at radius 2 is 2.28 bits per heavy atom. The summed E-state index contributed by atoms with van der Waals surface area (Å²) in [6.07, 6.45) is 7.19. The van der Waals surface area contributed by atoms with Crippen molar-refractivity contribution in [3.05, 3.63) is 11.6 Å². The minimum absolute atomic E-state index is 0.138. The van der Waals surface area contributed by atoms with Gasteiger partial charge in [-0.25, -0.2) is 4.98 Å². The second kappa shape index (κ2) is 4.37. The zero-order valence-corrected chi connectivity index (χ0v) is 10.8. The van der Waals surface area contributed by atoms with E-state index in [-0.39, 0.29) is 5.91 Å². The molecule has 0 radical (unpaired) electrons. The van der Waals surface area contributed by atoms with Crippen molar-refractivity contribution in [2.45, 2.75) is 51.4 Å². The highest BCUT2D eigenvalue weighted by atomic mass is 16.2. The van der Waals surface area contributed by atoms with E-state index in [0.29, 0.717) is 17.2 Å². The number of carbonyl (C=O) groups is 1. The van der Waals surface area contributed by atoms with Crippen molar-refractivity contribution in [1.82, 2.24) is 20.5 Å². The van der Waals surface area contributed by atoms with E-state index in [0.717, 1.165) is 25.2 Å². The second-order valence-electron chi connectivity index (χ2n) is 5.75. The Labute approximate surface area is 107 Å². The summed E-state index contributed by atoms with van der Waals surface area (Å²) in [6, 6.07) is 0.